The van der Waals surface area contributed by atoms with Crippen LogP contribution in [-0.2, 0) is 11.2 Å². The van der Waals surface area contributed by atoms with Gasteiger partial charge in [-0.2, -0.15) is 0 Å². The second-order valence-corrected chi connectivity index (χ2v) is 6.74. The number of aromatic amines is 1. The van der Waals surface area contributed by atoms with E-state index in [1.807, 2.05) is 24.3 Å². The SMILES string of the molecule is O=C(N[C@@H]1Cc2ccccc2N(CCO)C1=O)c1cc2cc(Cl)ncc2[nH]1. The smallest absolute Gasteiger partial charge is 0.268 e. The standard InChI is InChI=1S/C19H17ClN4O3/c20-17-9-12-8-13(22-15(12)10-21-17)18(26)23-14-7-11-3-1-2-4-16(11)24(5-6-25)19(14)27/h1-4,8-10,14,22,25H,5-7H2,(H,23,26)/t14-/m1/s1. The van der Waals surface area contributed by atoms with Gasteiger partial charge in [-0.3, -0.25) is 9.59 Å². The number of amides is 2. The molecule has 3 heterocycles. The molecule has 0 aliphatic carbocycles. The quantitative estimate of drug-likeness (QED) is 0.598. The average Bonchev–Trinajstić information content (AvgIpc) is 3.08. The number of fused-ring (bicyclic) bond motifs is 2. The van der Waals surface area contributed by atoms with Gasteiger partial charge >= 0.3 is 0 Å². The third-order valence-electron chi connectivity index (χ3n) is 4.62. The van der Waals surface area contributed by atoms with Crippen LogP contribution in [-0.4, -0.2) is 46.1 Å². The Hall–Kier alpha value is -2.90. The molecule has 1 atom stereocenters. The summed E-state index contributed by atoms with van der Waals surface area (Å²) in [4.78, 5) is 34.0. The van der Waals surface area contributed by atoms with Gasteiger partial charge in [-0.25, -0.2) is 4.98 Å². The molecular formula is C19H17ClN4O3. The van der Waals surface area contributed by atoms with E-state index in [9.17, 15) is 14.7 Å². The Balaban J connectivity index is 1.59. The fourth-order valence-electron chi connectivity index (χ4n) is 3.37. The molecule has 3 aromatic rings. The fourth-order valence-corrected chi connectivity index (χ4v) is 3.53. The van der Waals surface area contributed by atoms with Crippen molar-refractivity contribution in [3.8, 4) is 0 Å². The highest BCUT2D eigenvalue weighted by Crippen LogP contribution is 2.27. The van der Waals surface area contributed by atoms with Gasteiger partial charge in [0.15, 0.2) is 0 Å². The number of hydrogen-bond donors (Lipinski definition) is 3. The third-order valence-corrected chi connectivity index (χ3v) is 4.82. The number of carbonyl (C=O) groups excluding carboxylic acids is 2. The summed E-state index contributed by atoms with van der Waals surface area (Å²) in [5.74, 6) is -0.624. The Morgan fingerprint density at radius 3 is 3.00 bits per heavy atom. The zero-order chi connectivity index (χ0) is 19.0. The molecular weight excluding hydrogens is 368 g/mol. The van der Waals surface area contributed by atoms with Crippen LogP contribution in [0, 0.1) is 0 Å². The first-order valence-corrected chi connectivity index (χ1v) is 8.90. The highest BCUT2D eigenvalue weighted by Gasteiger charge is 2.33. The van der Waals surface area contributed by atoms with Crippen molar-refractivity contribution in [1.82, 2.24) is 15.3 Å². The number of β-amino-alcohol motifs (C(OH)–C–C–N with tert-alkyl or cyclic N) is 1. The number of H-pyrrole nitrogens is 1. The molecule has 138 valence electrons. The van der Waals surface area contributed by atoms with Crippen molar-refractivity contribution in [2.24, 2.45) is 0 Å². The van der Waals surface area contributed by atoms with Crippen molar-refractivity contribution in [3.63, 3.8) is 0 Å². The molecule has 0 saturated carbocycles. The summed E-state index contributed by atoms with van der Waals surface area (Å²) in [6.45, 7) is 0.0231. The van der Waals surface area contributed by atoms with Crippen LogP contribution in [0.15, 0.2) is 42.6 Å². The first-order valence-electron chi connectivity index (χ1n) is 8.52. The van der Waals surface area contributed by atoms with Crippen LogP contribution in [0.3, 0.4) is 0 Å². The molecule has 0 unspecified atom stereocenters. The third kappa shape index (κ3) is 3.27. The maximum atomic E-state index is 12.8. The minimum atomic E-state index is -0.702. The monoisotopic (exact) mass is 384 g/mol. The lowest BCUT2D eigenvalue weighted by atomic mass is 9.97. The molecule has 0 spiro atoms. The summed E-state index contributed by atoms with van der Waals surface area (Å²) in [6.07, 6.45) is 1.95. The Morgan fingerprint density at radius 2 is 2.19 bits per heavy atom. The second kappa shape index (κ2) is 7.02. The molecule has 8 heteroatoms. The van der Waals surface area contributed by atoms with Crippen LogP contribution in [0.1, 0.15) is 16.1 Å². The molecule has 1 aromatic carbocycles. The maximum Gasteiger partial charge on any atom is 0.268 e. The molecule has 7 nitrogen and oxygen atoms in total. The molecule has 0 radical (unpaired) electrons. The summed E-state index contributed by atoms with van der Waals surface area (Å²) in [5, 5.41) is 13.2. The molecule has 4 rings (SSSR count). The van der Waals surface area contributed by atoms with Gasteiger partial charge in [-0.1, -0.05) is 29.8 Å². The van der Waals surface area contributed by atoms with E-state index in [2.05, 4.69) is 15.3 Å². The topological polar surface area (TPSA) is 98.3 Å². The number of anilines is 1. The van der Waals surface area contributed by atoms with Gasteiger partial charge in [0.25, 0.3) is 5.91 Å². The van der Waals surface area contributed by atoms with Crippen molar-refractivity contribution >= 4 is 40.0 Å². The van der Waals surface area contributed by atoms with Gasteiger partial charge in [0.1, 0.15) is 16.9 Å². The number of carbonyl (C=O) groups is 2. The number of hydrogen-bond acceptors (Lipinski definition) is 4. The maximum absolute atomic E-state index is 12.8. The van der Waals surface area contributed by atoms with E-state index < -0.39 is 6.04 Å². The van der Waals surface area contributed by atoms with Crippen LogP contribution in [0.5, 0.6) is 0 Å². The number of aliphatic hydroxyl groups is 1. The van der Waals surface area contributed by atoms with Gasteiger partial charge in [0.2, 0.25) is 5.91 Å². The predicted octanol–water partition coefficient (Wildman–Crippen LogP) is 1.90. The van der Waals surface area contributed by atoms with Crippen LogP contribution in [0.2, 0.25) is 5.15 Å². The van der Waals surface area contributed by atoms with Gasteiger partial charge in [0, 0.05) is 24.0 Å². The number of benzene rings is 1. The average molecular weight is 385 g/mol. The highest BCUT2D eigenvalue weighted by molar-refractivity contribution is 6.30. The Kier molecular flexibility index (Phi) is 4.55. The fraction of sp³-hybridized carbons (Fsp3) is 0.211. The number of rotatable bonds is 4. The van der Waals surface area contributed by atoms with Crippen LogP contribution in [0.25, 0.3) is 10.9 Å². The number of nitrogens with zero attached hydrogens (tertiary/aromatic N) is 2. The van der Waals surface area contributed by atoms with E-state index in [0.29, 0.717) is 22.8 Å². The van der Waals surface area contributed by atoms with Gasteiger partial charge in [-0.05, 0) is 23.8 Å². The van der Waals surface area contributed by atoms with E-state index >= 15 is 0 Å². The minimum absolute atomic E-state index is 0.156. The van der Waals surface area contributed by atoms with Crippen LogP contribution >= 0.6 is 11.6 Å². The van der Waals surface area contributed by atoms with Gasteiger partial charge in [0.05, 0.1) is 18.3 Å². The van der Waals surface area contributed by atoms with E-state index in [1.54, 1.807) is 18.3 Å². The zero-order valence-corrected chi connectivity index (χ0v) is 15.0. The molecule has 2 amide bonds. The lowest BCUT2D eigenvalue weighted by Gasteiger charge is -2.34. The van der Waals surface area contributed by atoms with Gasteiger partial charge in [-0.15, -0.1) is 0 Å². The molecule has 0 fully saturated rings. The highest BCUT2D eigenvalue weighted by atomic mass is 35.5. The number of para-hydroxylation sites is 1. The Labute approximate surface area is 160 Å². The largest absolute Gasteiger partial charge is 0.395 e. The Morgan fingerprint density at radius 1 is 1.37 bits per heavy atom. The molecule has 1 aliphatic rings. The lowest BCUT2D eigenvalue weighted by molar-refractivity contribution is -0.120. The zero-order valence-electron chi connectivity index (χ0n) is 14.3. The molecule has 0 saturated heterocycles. The van der Waals surface area contributed by atoms with Crippen molar-refractivity contribution < 1.29 is 14.7 Å². The second-order valence-electron chi connectivity index (χ2n) is 6.35. The summed E-state index contributed by atoms with van der Waals surface area (Å²) >= 11 is 5.88. The molecule has 1 aliphatic heterocycles. The van der Waals surface area contributed by atoms with E-state index in [-0.39, 0.29) is 25.0 Å². The number of nitrogens with one attached hydrogen (secondary N) is 2. The number of halogens is 1. The van der Waals surface area contributed by atoms with Crippen molar-refractivity contribution in [2.75, 3.05) is 18.1 Å². The molecule has 27 heavy (non-hydrogen) atoms. The summed E-state index contributed by atoms with van der Waals surface area (Å²) in [7, 11) is 0. The van der Waals surface area contributed by atoms with Crippen molar-refractivity contribution in [1.29, 1.82) is 0 Å². The van der Waals surface area contributed by atoms with Crippen LogP contribution in [0.4, 0.5) is 5.69 Å². The minimum Gasteiger partial charge on any atom is -0.395 e. The number of pyridine rings is 1. The van der Waals surface area contributed by atoms with Gasteiger partial charge < -0.3 is 20.3 Å². The van der Waals surface area contributed by atoms with E-state index in [4.69, 9.17) is 11.6 Å². The summed E-state index contributed by atoms with van der Waals surface area (Å²) < 4.78 is 0. The first-order chi connectivity index (χ1) is 13.1. The van der Waals surface area contributed by atoms with Crippen molar-refractivity contribution in [3.05, 3.63) is 59.0 Å². The first kappa shape index (κ1) is 17.5. The van der Waals surface area contributed by atoms with E-state index in [0.717, 1.165) is 16.6 Å². The summed E-state index contributed by atoms with van der Waals surface area (Å²) in [6, 6.07) is 10.1. The van der Waals surface area contributed by atoms with Crippen molar-refractivity contribution in [2.45, 2.75) is 12.5 Å². The molecule has 2 aromatic heterocycles. The number of aromatic nitrogens is 2. The van der Waals surface area contributed by atoms with Crippen LogP contribution < -0.4 is 10.2 Å². The molecule has 0 bridgehead atoms. The molecule has 3 N–H and O–H groups in total. The Bertz CT molecular complexity index is 1030. The normalized spacial score (nSPS) is 16.4. The lowest BCUT2D eigenvalue weighted by Crippen LogP contribution is -2.53. The predicted molar refractivity (Wildman–Crippen MR) is 102 cm³/mol. The summed E-state index contributed by atoms with van der Waals surface area (Å²) in [5.41, 5.74) is 2.73. The van der Waals surface area contributed by atoms with E-state index in [1.165, 1.54) is 4.90 Å². The number of aliphatic hydroxyl groups excluding tert-OH is 1.